The predicted molar refractivity (Wildman–Crippen MR) is 48.8 cm³/mol. The fraction of sp³-hybridized carbons (Fsp3) is 0.500. The molecule has 0 heterocycles. The highest BCUT2D eigenvalue weighted by Gasteiger charge is 1.81. The fourth-order valence-electron chi connectivity index (χ4n) is 0.715. The van der Waals surface area contributed by atoms with E-state index in [4.69, 9.17) is 4.43 Å². The molecule has 0 amide bonds. The minimum Gasteiger partial charge on any atom is -0.559 e. The summed E-state index contributed by atoms with van der Waals surface area (Å²) in [6.07, 6.45) is 10.6. The van der Waals surface area contributed by atoms with Crippen LogP contribution in [0.4, 0.5) is 0 Å². The maximum atomic E-state index is 4.89. The summed E-state index contributed by atoms with van der Waals surface area (Å²) < 4.78 is 4.89. The minimum atomic E-state index is 0.806. The first kappa shape index (κ1) is 9.50. The lowest BCUT2D eigenvalue weighted by molar-refractivity contribution is 0.530. The van der Waals surface area contributed by atoms with Gasteiger partial charge in [0.15, 0.2) is 0 Å². The van der Waals surface area contributed by atoms with Gasteiger partial charge in [0.2, 0.25) is 10.5 Å². The molecular formula is C8H16OSi. The Morgan fingerprint density at radius 1 is 1.30 bits per heavy atom. The SMILES string of the molecule is C=CCCCCC=CO[SiH3]. The van der Waals surface area contributed by atoms with E-state index < -0.39 is 0 Å². The largest absolute Gasteiger partial charge is 0.559 e. The van der Waals surface area contributed by atoms with Crippen molar-refractivity contribution in [1.29, 1.82) is 0 Å². The third-order valence-electron chi connectivity index (χ3n) is 1.26. The van der Waals surface area contributed by atoms with Crippen molar-refractivity contribution in [3.05, 3.63) is 25.0 Å². The Morgan fingerprint density at radius 3 is 2.60 bits per heavy atom. The van der Waals surface area contributed by atoms with Gasteiger partial charge in [-0.1, -0.05) is 12.2 Å². The lowest BCUT2D eigenvalue weighted by atomic mass is 10.2. The Hall–Kier alpha value is -0.503. The fourth-order valence-corrected chi connectivity index (χ4v) is 0.908. The van der Waals surface area contributed by atoms with Gasteiger partial charge in [-0.05, 0) is 25.7 Å². The maximum absolute atomic E-state index is 4.89. The summed E-state index contributed by atoms with van der Waals surface area (Å²) in [7, 11) is 0.806. The first-order valence-electron chi connectivity index (χ1n) is 3.70. The van der Waals surface area contributed by atoms with Crippen molar-refractivity contribution in [3.8, 4) is 0 Å². The van der Waals surface area contributed by atoms with Crippen LogP contribution in [0.3, 0.4) is 0 Å². The van der Waals surface area contributed by atoms with Crippen molar-refractivity contribution in [2.45, 2.75) is 25.7 Å². The highest BCUT2D eigenvalue weighted by Crippen LogP contribution is 2.00. The van der Waals surface area contributed by atoms with Crippen LogP contribution in [0.15, 0.2) is 25.0 Å². The Balaban J connectivity index is 2.89. The Labute approximate surface area is 66.3 Å². The van der Waals surface area contributed by atoms with Crippen LogP contribution in [-0.4, -0.2) is 10.5 Å². The average Bonchev–Trinajstić information content (AvgIpc) is 1.97. The highest BCUT2D eigenvalue weighted by molar-refractivity contribution is 5.98. The summed E-state index contributed by atoms with van der Waals surface area (Å²) in [6.45, 7) is 3.66. The monoisotopic (exact) mass is 156 g/mol. The van der Waals surface area contributed by atoms with E-state index in [0.29, 0.717) is 0 Å². The van der Waals surface area contributed by atoms with Gasteiger partial charge < -0.3 is 4.43 Å². The van der Waals surface area contributed by atoms with E-state index in [1.807, 2.05) is 6.08 Å². The van der Waals surface area contributed by atoms with Crippen LogP contribution in [0, 0.1) is 0 Å². The van der Waals surface area contributed by atoms with Gasteiger partial charge in [0.25, 0.3) is 0 Å². The van der Waals surface area contributed by atoms with E-state index in [-0.39, 0.29) is 0 Å². The van der Waals surface area contributed by atoms with Crippen LogP contribution in [-0.2, 0) is 4.43 Å². The molecule has 0 N–H and O–H groups in total. The van der Waals surface area contributed by atoms with E-state index in [9.17, 15) is 0 Å². The molecule has 0 radical (unpaired) electrons. The van der Waals surface area contributed by atoms with E-state index in [1.165, 1.54) is 12.8 Å². The second-order valence-corrected chi connectivity index (χ2v) is 2.65. The molecule has 58 valence electrons. The summed E-state index contributed by atoms with van der Waals surface area (Å²) in [6, 6.07) is 0. The van der Waals surface area contributed by atoms with Gasteiger partial charge in [0.1, 0.15) is 0 Å². The first-order chi connectivity index (χ1) is 4.91. The summed E-state index contributed by atoms with van der Waals surface area (Å²) in [5, 5.41) is 0. The molecule has 0 aromatic rings. The minimum absolute atomic E-state index is 0.806. The van der Waals surface area contributed by atoms with E-state index in [2.05, 4.69) is 12.7 Å². The first-order valence-corrected chi connectivity index (χ1v) is 4.52. The molecule has 0 saturated carbocycles. The molecule has 0 aliphatic rings. The van der Waals surface area contributed by atoms with Crippen LogP contribution in [0.5, 0.6) is 0 Å². The van der Waals surface area contributed by atoms with Crippen molar-refractivity contribution < 1.29 is 4.43 Å². The van der Waals surface area contributed by atoms with Crippen LogP contribution in [0.25, 0.3) is 0 Å². The molecule has 0 saturated heterocycles. The molecule has 0 atom stereocenters. The summed E-state index contributed by atoms with van der Waals surface area (Å²) in [5.74, 6) is 0. The smallest absolute Gasteiger partial charge is 0.203 e. The number of unbranched alkanes of at least 4 members (excludes halogenated alkanes) is 3. The lowest BCUT2D eigenvalue weighted by Crippen LogP contribution is -1.73. The van der Waals surface area contributed by atoms with Crippen molar-refractivity contribution in [2.75, 3.05) is 0 Å². The van der Waals surface area contributed by atoms with Gasteiger partial charge in [-0.2, -0.15) is 0 Å². The number of hydrogen-bond acceptors (Lipinski definition) is 1. The quantitative estimate of drug-likeness (QED) is 0.245. The maximum Gasteiger partial charge on any atom is 0.203 e. The highest BCUT2D eigenvalue weighted by atomic mass is 28.2. The van der Waals surface area contributed by atoms with Crippen LogP contribution in [0.2, 0.25) is 0 Å². The second kappa shape index (κ2) is 8.50. The topological polar surface area (TPSA) is 9.23 Å². The van der Waals surface area contributed by atoms with Gasteiger partial charge in [0.05, 0.1) is 6.26 Å². The molecule has 0 spiro atoms. The molecule has 10 heavy (non-hydrogen) atoms. The number of hydrogen-bond donors (Lipinski definition) is 0. The Bertz CT molecular complexity index is 99.4. The summed E-state index contributed by atoms with van der Waals surface area (Å²) in [5.41, 5.74) is 0. The standard InChI is InChI=1S/C8H16OSi/c1-2-3-4-5-6-7-8-9-10/h2,7-8H,1,3-6H2,10H3. The molecule has 0 rings (SSSR count). The molecule has 1 nitrogen and oxygen atoms in total. The van der Waals surface area contributed by atoms with Gasteiger partial charge in [0, 0.05) is 0 Å². The van der Waals surface area contributed by atoms with Crippen LogP contribution < -0.4 is 0 Å². The van der Waals surface area contributed by atoms with Gasteiger partial charge in [-0.25, -0.2) is 0 Å². The number of rotatable bonds is 6. The van der Waals surface area contributed by atoms with Crippen molar-refractivity contribution >= 4 is 10.5 Å². The van der Waals surface area contributed by atoms with Crippen molar-refractivity contribution in [3.63, 3.8) is 0 Å². The van der Waals surface area contributed by atoms with E-state index in [1.54, 1.807) is 6.26 Å². The van der Waals surface area contributed by atoms with Crippen molar-refractivity contribution in [1.82, 2.24) is 0 Å². The zero-order valence-electron chi connectivity index (χ0n) is 6.68. The van der Waals surface area contributed by atoms with E-state index in [0.717, 1.165) is 23.3 Å². The van der Waals surface area contributed by atoms with Crippen LogP contribution >= 0.6 is 0 Å². The molecule has 0 aromatic heterocycles. The van der Waals surface area contributed by atoms with Crippen LogP contribution in [0.1, 0.15) is 25.7 Å². The third-order valence-corrected chi connectivity index (χ3v) is 1.53. The average molecular weight is 156 g/mol. The Morgan fingerprint density at radius 2 is 2.00 bits per heavy atom. The number of allylic oxidation sites excluding steroid dienone is 2. The molecule has 2 heteroatoms. The normalized spacial score (nSPS) is 10.4. The molecule has 0 aliphatic heterocycles. The molecule has 0 unspecified atom stereocenters. The molecule has 0 aliphatic carbocycles. The summed E-state index contributed by atoms with van der Waals surface area (Å²) in [4.78, 5) is 0. The van der Waals surface area contributed by atoms with Gasteiger partial charge in [-0.15, -0.1) is 6.58 Å². The molecule has 0 aromatic carbocycles. The lowest BCUT2D eigenvalue weighted by Gasteiger charge is -1.91. The Kier molecular flexibility index (Phi) is 8.07. The predicted octanol–water partition coefficient (Wildman–Crippen LogP) is 1.54. The molecule has 0 fully saturated rings. The van der Waals surface area contributed by atoms with Gasteiger partial charge in [-0.3, -0.25) is 0 Å². The zero-order chi connectivity index (χ0) is 7.66. The zero-order valence-corrected chi connectivity index (χ0v) is 8.68. The third kappa shape index (κ3) is 7.50. The van der Waals surface area contributed by atoms with Gasteiger partial charge >= 0.3 is 0 Å². The van der Waals surface area contributed by atoms with Crippen molar-refractivity contribution in [2.24, 2.45) is 0 Å². The summed E-state index contributed by atoms with van der Waals surface area (Å²) >= 11 is 0. The molecular weight excluding hydrogens is 140 g/mol. The van der Waals surface area contributed by atoms with E-state index >= 15 is 0 Å². The second-order valence-electron chi connectivity index (χ2n) is 2.18. The molecule has 0 bridgehead atoms.